The molecule has 1 aliphatic heterocycles. The first-order valence-electron chi connectivity index (χ1n) is 7.90. The molecule has 0 spiro atoms. The zero-order valence-corrected chi connectivity index (χ0v) is 13.7. The van der Waals surface area contributed by atoms with E-state index in [-0.39, 0.29) is 11.8 Å². The maximum atomic E-state index is 12.5. The largest absolute Gasteiger partial charge is 0.383 e. The van der Waals surface area contributed by atoms with E-state index in [9.17, 15) is 9.59 Å². The molecule has 2 amide bonds. The van der Waals surface area contributed by atoms with Crippen LogP contribution < -0.4 is 5.32 Å². The molecule has 1 saturated heterocycles. The number of nitrogens with one attached hydrogen (secondary N) is 1. The van der Waals surface area contributed by atoms with Crippen molar-refractivity contribution in [2.75, 3.05) is 53.0 Å². The lowest BCUT2D eigenvalue weighted by Gasteiger charge is -2.33. The summed E-state index contributed by atoms with van der Waals surface area (Å²) in [6, 6.07) is 3.16. The molecule has 0 aliphatic carbocycles. The van der Waals surface area contributed by atoms with Crippen molar-refractivity contribution >= 4 is 11.8 Å². The molecule has 0 saturated carbocycles. The lowest BCUT2D eigenvalue weighted by molar-refractivity contribution is 0.0637. The Morgan fingerprint density at radius 1 is 1.30 bits per heavy atom. The molecule has 126 valence electrons. The predicted octanol–water partition coefficient (Wildman–Crippen LogP) is 0.236. The van der Waals surface area contributed by atoms with Crippen molar-refractivity contribution in [2.45, 2.75) is 6.92 Å². The monoisotopic (exact) mass is 320 g/mol. The van der Waals surface area contributed by atoms with Crippen LogP contribution in [0.15, 0.2) is 18.3 Å². The van der Waals surface area contributed by atoms with Crippen LogP contribution in [0.3, 0.4) is 0 Å². The maximum Gasteiger partial charge on any atom is 0.272 e. The summed E-state index contributed by atoms with van der Waals surface area (Å²) in [5, 5.41) is 2.74. The zero-order chi connectivity index (χ0) is 16.7. The number of aromatic nitrogens is 1. The molecule has 23 heavy (non-hydrogen) atoms. The summed E-state index contributed by atoms with van der Waals surface area (Å²) in [6.07, 6.45) is 1.50. The molecular formula is C16H24N4O3. The van der Waals surface area contributed by atoms with E-state index in [0.717, 1.165) is 19.6 Å². The average Bonchev–Trinajstić information content (AvgIpc) is 2.61. The second kappa shape index (κ2) is 8.59. The number of pyridine rings is 1. The Hall–Kier alpha value is -1.99. The highest BCUT2D eigenvalue weighted by atomic mass is 16.5. The minimum Gasteiger partial charge on any atom is -0.383 e. The number of methoxy groups -OCH3 is 1. The fourth-order valence-corrected chi connectivity index (χ4v) is 2.49. The molecular weight excluding hydrogens is 296 g/mol. The molecule has 0 unspecified atom stereocenters. The van der Waals surface area contributed by atoms with E-state index in [4.69, 9.17) is 4.74 Å². The highest BCUT2D eigenvalue weighted by molar-refractivity contribution is 5.98. The van der Waals surface area contributed by atoms with Crippen LogP contribution in [0.25, 0.3) is 0 Å². The van der Waals surface area contributed by atoms with Crippen LogP contribution in [0.1, 0.15) is 27.8 Å². The van der Waals surface area contributed by atoms with Crippen molar-refractivity contribution in [2.24, 2.45) is 0 Å². The first-order valence-corrected chi connectivity index (χ1v) is 7.90. The zero-order valence-electron chi connectivity index (χ0n) is 13.7. The summed E-state index contributed by atoms with van der Waals surface area (Å²) in [4.78, 5) is 32.8. The molecule has 1 fully saturated rings. The third-order valence-electron chi connectivity index (χ3n) is 3.94. The number of rotatable bonds is 6. The SMILES string of the molecule is CCN1CCN(C(=O)c2cc(C(=O)NCCOC)ccn2)CC1. The Labute approximate surface area is 136 Å². The standard InChI is InChI=1S/C16H24N4O3/c1-3-19-7-9-20(10-8-19)16(22)14-12-13(4-5-17-14)15(21)18-6-11-23-2/h4-5,12H,3,6-11H2,1-2H3,(H,18,21). The summed E-state index contributed by atoms with van der Waals surface area (Å²) in [5.41, 5.74) is 0.751. The first kappa shape index (κ1) is 17.4. The summed E-state index contributed by atoms with van der Waals surface area (Å²) >= 11 is 0. The molecule has 2 rings (SSSR count). The van der Waals surface area contributed by atoms with E-state index < -0.39 is 0 Å². The summed E-state index contributed by atoms with van der Waals surface area (Å²) in [6.45, 7) is 7.13. The maximum absolute atomic E-state index is 12.5. The Kier molecular flexibility index (Phi) is 6.49. The number of carbonyl (C=O) groups excluding carboxylic acids is 2. The molecule has 0 radical (unpaired) electrons. The van der Waals surface area contributed by atoms with Crippen LogP contribution in [-0.2, 0) is 4.74 Å². The minimum atomic E-state index is -0.227. The summed E-state index contributed by atoms with van der Waals surface area (Å²) in [5.74, 6) is -0.346. The molecule has 7 nitrogen and oxygen atoms in total. The van der Waals surface area contributed by atoms with Gasteiger partial charge in [0.15, 0.2) is 0 Å². The third kappa shape index (κ3) is 4.74. The number of hydrogen-bond acceptors (Lipinski definition) is 5. The summed E-state index contributed by atoms with van der Waals surface area (Å²) in [7, 11) is 1.58. The number of hydrogen-bond donors (Lipinski definition) is 1. The van der Waals surface area contributed by atoms with Gasteiger partial charge in [0.2, 0.25) is 0 Å². The highest BCUT2D eigenvalue weighted by Crippen LogP contribution is 2.09. The van der Waals surface area contributed by atoms with Crippen molar-refractivity contribution in [3.63, 3.8) is 0 Å². The number of ether oxygens (including phenoxy) is 1. The molecule has 0 atom stereocenters. The Bertz CT molecular complexity index is 542. The van der Waals surface area contributed by atoms with Crippen LogP contribution in [-0.4, -0.2) is 79.6 Å². The van der Waals surface area contributed by atoms with Crippen molar-refractivity contribution in [3.8, 4) is 0 Å². The van der Waals surface area contributed by atoms with Gasteiger partial charge in [-0.3, -0.25) is 14.6 Å². The van der Waals surface area contributed by atoms with E-state index >= 15 is 0 Å². The van der Waals surface area contributed by atoms with E-state index in [1.54, 1.807) is 24.1 Å². The topological polar surface area (TPSA) is 74.8 Å². The fraction of sp³-hybridized carbons (Fsp3) is 0.562. The van der Waals surface area contributed by atoms with E-state index in [1.165, 1.54) is 6.20 Å². The number of carbonyl (C=O) groups is 2. The number of amides is 2. The van der Waals surface area contributed by atoms with Gasteiger partial charge >= 0.3 is 0 Å². The fourth-order valence-electron chi connectivity index (χ4n) is 2.49. The molecule has 0 bridgehead atoms. The smallest absolute Gasteiger partial charge is 0.272 e. The predicted molar refractivity (Wildman–Crippen MR) is 86.5 cm³/mol. The number of nitrogens with zero attached hydrogens (tertiary/aromatic N) is 3. The molecule has 1 aromatic heterocycles. The first-order chi connectivity index (χ1) is 11.2. The third-order valence-corrected chi connectivity index (χ3v) is 3.94. The van der Waals surface area contributed by atoms with E-state index in [1.807, 2.05) is 0 Å². The van der Waals surface area contributed by atoms with Gasteiger partial charge in [-0.1, -0.05) is 6.92 Å². The normalized spacial score (nSPS) is 15.5. The van der Waals surface area contributed by atoms with Gasteiger partial charge < -0.3 is 19.9 Å². The van der Waals surface area contributed by atoms with Gasteiger partial charge in [0.25, 0.3) is 11.8 Å². The molecule has 7 heteroatoms. The van der Waals surface area contributed by atoms with Gasteiger partial charge in [-0.2, -0.15) is 0 Å². The van der Waals surface area contributed by atoms with E-state index in [0.29, 0.717) is 37.5 Å². The Morgan fingerprint density at radius 2 is 2.04 bits per heavy atom. The second-order valence-corrected chi connectivity index (χ2v) is 5.40. The van der Waals surface area contributed by atoms with Crippen LogP contribution in [0.2, 0.25) is 0 Å². The summed E-state index contributed by atoms with van der Waals surface area (Å²) < 4.78 is 4.90. The Morgan fingerprint density at radius 3 is 2.70 bits per heavy atom. The number of piperazine rings is 1. The van der Waals surface area contributed by atoms with Crippen LogP contribution in [0.5, 0.6) is 0 Å². The van der Waals surface area contributed by atoms with Crippen molar-refractivity contribution < 1.29 is 14.3 Å². The molecule has 1 aromatic rings. The lowest BCUT2D eigenvalue weighted by Crippen LogP contribution is -2.48. The molecule has 2 heterocycles. The molecule has 1 N–H and O–H groups in total. The van der Waals surface area contributed by atoms with E-state index in [2.05, 4.69) is 22.1 Å². The van der Waals surface area contributed by atoms with Gasteiger partial charge in [-0.15, -0.1) is 0 Å². The van der Waals surface area contributed by atoms with Crippen molar-refractivity contribution in [1.29, 1.82) is 0 Å². The second-order valence-electron chi connectivity index (χ2n) is 5.40. The molecule has 1 aliphatic rings. The van der Waals surface area contributed by atoms with Crippen molar-refractivity contribution in [3.05, 3.63) is 29.6 Å². The number of likely N-dealkylation sites (N-methyl/N-ethyl adjacent to an activating group) is 1. The Balaban J connectivity index is 1.98. The molecule has 0 aromatic carbocycles. The van der Waals surface area contributed by atoms with Gasteiger partial charge in [-0.25, -0.2) is 0 Å². The van der Waals surface area contributed by atoms with Gasteiger partial charge in [-0.05, 0) is 18.7 Å². The van der Waals surface area contributed by atoms with Crippen LogP contribution in [0.4, 0.5) is 0 Å². The quantitative estimate of drug-likeness (QED) is 0.760. The minimum absolute atomic E-state index is 0.118. The van der Waals surface area contributed by atoms with Gasteiger partial charge in [0, 0.05) is 51.6 Å². The average molecular weight is 320 g/mol. The van der Waals surface area contributed by atoms with Crippen LogP contribution >= 0.6 is 0 Å². The van der Waals surface area contributed by atoms with Gasteiger partial charge in [0.1, 0.15) is 5.69 Å². The van der Waals surface area contributed by atoms with Crippen molar-refractivity contribution in [1.82, 2.24) is 20.1 Å². The van der Waals surface area contributed by atoms with Crippen LogP contribution in [0, 0.1) is 0 Å². The lowest BCUT2D eigenvalue weighted by atomic mass is 10.2. The highest BCUT2D eigenvalue weighted by Gasteiger charge is 2.22. The van der Waals surface area contributed by atoms with Gasteiger partial charge in [0.05, 0.1) is 6.61 Å².